The van der Waals surface area contributed by atoms with Gasteiger partial charge in [-0.15, -0.1) is 0 Å². The number of aryl methyl sites for hydroxylation is 1. The van der Waals surface area contributed by atoms with Gasteiger partial charge in [0.05, 0.1) is 5.69 Å². The molecule has 0 aliphatic carbocycles. The number of carbonyl (C=O) groups is 1. The quantitative estimate of drug-likeness (QED) is 0.826. The predicted molar refractivity (Wildman–Crippen MR) is 63.8 cm³/mol. The molecule has 1 aromatic rings. The Bertz CT molecular complexity index is 383. The van der Waals surface area contributed by atoms with Gasteiger partial charge in [-0.05, 0) is 45.7 Å². The summed E-state index contributed by atoms with van der Waals surface area (Å²) < 4.78 is 4.94. The highest BCUT2D eigenvalue weighted by atomic mass is 16.5. The maximum absolute atomic E-state index is 11.8. The Morgan fingerprint density at radius 3 is 3.12 bits per heavy atom. The minimum Gasteiger partial charge on any atom is -0.351 e. The Kier molecular flexibility index (Phi) is 3.78. The Morgan fingerprint density at radius 1 is 1.71 bits per heavy atom. The van der Waals surface area contributed by atoms with Crippen molar-refractivity contribution >= 4 is 5.91 Å². The fraction of sp³-hybridized carbons (Fsp3) is 0.667. The zero-order valence-electron chi connectivity index (χ0n) is 10.3. The van der Waals surface area contributed by atoms with E-state index in [1.165, 1.54) is 6.42 Å². The van der Waals surface area contributed by atoms with Gasteiger partial charge in [-0.25, -0.2) is 0 Å². The van der Waals surface area contributed by atoms with Crippen LogP contribution in [-0.2, 0) is 0 Å². The topological polar surface area (TPSA) is 67.2 Å². The Morgan fingerprint density at radius 2 is 2.53 bits per heavy atom. The second-order valence-corrected chi connectivity index (χ2v) is 4.70. The van der Waals surface area contributed by atoms with Crippen molar-refractivity contribution in [3.8, 4) is 0 Å². The molecule has 1 amide bonds. The minimum absolute atomic E-state index is 0.153. The smallest absolute Gasteiger partial charge is 0.290 e. The molecule has 1 fully saturated rings. The lowest BCUT2D eigenvalue weighted by Crippen LogP contribution is -2.44. The molecule has 2 rings (SSSR count). The summed E-state index contributed by atoms with van der Waals surface area (Å²) >= 11 is 0. The molecule has 0 bridgehead atoms. The van der Waals surface area contributed by atoms with Gasteiger partial charge in [0.1, 0.15) is 0 Å². The van der Waals surface area contributed by atoms with E-state index in [0.717, 1.165) is 25.2 Å². The Hall–Kier alpha value is -1.36. The molecule has 0 aromatic carbocycles. The van der Waals surface area contributed by atoms with Crippen LogP contribution in [0.5, 0.6) is 0 Å². The number of amides is 1. The molecule has 1 saturated heterocycles. The summed E-state index contributed by atoms with van der Waals surface area (Å²) in [5, 5.41) is 10.0. The van der Waals surface area contributed by atoms with Gasteiger partial charge in [-0.1, -0.05) is 5.16 Å². The largest absolute Gasteiger partial charge is 0.351 e. The van der Waals surface area contributed by atoms with E-state index in [4.69, 9.17) is 4.52 Å². The lowest BCUT2D eigenvalue weighted by Gasteiger charge is -2.28. The summed E-state index contributed by atoms with van der Waals surface area (Å²) in [7, 11) is 0. The molecule has 2 atom stereocenters. The zero-order chi connectivity index (χ0) is 12.3. The lowest BCUT2D eigenvalue weighted by molar-refractivity contribution is 0.0884. The number of hydrogen-bond donors (Lipinski definition) is 2. The first-order chi connectivity index (χ1) is 8.16. The van der Waals surface area contributed by atoms with Crippen LogP contribution >= 0.6 is 0 Å². The number of carbonyl (C=O) groups excluding carboxylic acids is 1. The third-order valence-electron chi connectivity index (χ3n) is 3.25. The van der Waals surface area contributed by atoms with Crippen LogP contribution in [0.1, 0.15) is 36.0 Å². The van der Waals surface area contributed by atoms with Crippen molar-refractivity contribution in [2.24, 2.45) is 5.92 Å². The van der Waals surface area contributed by atoms with Gasteiger partial charge in [0.2, 0.25) is 5.76 Å². The summed E-state index contributed by atoms with van der Waals surface area (Å²) in [6.07, 6.45) is 2.33. The predicted octanol–water partition coefficient (Wildman–Crippen LogP) is 1.10. The monoisotopic (exact) mass is 237 g/mol. The summed E-state index contributed by atoms with van der Waals surface area (Å²) in [5.74, 6) is 0.610. The van der Waals surface area contributed by atoms with E-state index >= 15 is 0 Å². The van der Waals surface area contributed by atoms with Crippen LogP contribution < -0.4 is 10.6 Å². The van der Waals surface area contributed by atoms with Crippen LogP contribution in [0.3, 0.4) is 0 Å². The van der Waals surface area contributed by atoms with E-state index in [0.29, 0.717) is 5.92 Å². The van der Waals surface area contributed by atoms with Gasteiger partial charge in [-0.2, -0.15) is 0 Å². The standard InChI is InChI=1S/C12H19N3O2/c1-8-6-11(17-15-8)12(16)14-9(2)10-4-3-5-13-7-10/h6,9-10,13H,3-5,7H2,1-2H3,(H,14,16). The maximum Gasteiger partial charge on any atom is 0.290 e. The van der Waals surface area contributed by atoms with Gasteiger partial charge in [0.25, 0.3) is 5.91 Å². The van der Waals surface area contributed by atoms with E-state index in [1.54, 1.807) is 13.0 Å². The molecule has 5 heteroatoms. The lowest BCUT2D eigenvalue weighted by atomic mass is 9.93. The number of piperidine rings is 1. The molecule has 17 heavy (non-hydrogen) atoms. The summed E-state index contributed by atoms with van der Waals surface area (Å²) in [5.41, 5.74) is 0.724. The van der Waals surface area contributed by atoms with Crippen LogP contribution in [0.2, 0.25) is 0 Å². The summed E-state index contributed by atoms with van der Waals surface area (Å²) in [6, 6.07) is 1.81. The third kappa shape index (κ3) is 3.06. The minimum atomic E-state index is -0.177. The molecular weight excluding hydrogens is 218 g/mol. The van der Waals surface area contributed by atoms with Crippen LogP contribution in [0.4, 0.5) is 0 Å². The first kappa shape index (κ1) is 12.1. The fourth-order valence-electron chi connectivity index (χ4n) is 2.17. The van der Waals surface area contributed by atoms with Gasteiger partial charge >= 0.3 is 0 Å². The molecule has 2 N–H and O–H groups in total. The first-order valence-electron chi connectivity index (χ1n) is 6.11. The van der Waals surface area contributed by atoms with E-state index in [-0.39, 0.29) is 17.7 Å². The Balaban J connectivity index is 1.89. The number of nitrogens with zero attached hydrogens (tertiary/aromatic N) is 1. The van der Waals surface area contributed by atoms with Gasteiger partial charge in [0.15, 0.2) is 0 Å². The molecular formula is C12H19N3O2. The van der Waals surface area contributed by atoms with Crippen LogP contribution in [0.25, 0.3) is 0 Å². The normalized spacial score (nSPS) is 22.1. The third-order valence-corrected chi connectivity index (χ3v) is 3.25. The van der Waals surface area contributed by atoms with Crippen LogP contribution in [-0.4, -0.2) is 30.2 Å². The molecule has 2 heterocycles. The average Bonchev–Trinajstić information content (AvgIpc) is 2.77. The fourth-order valence-corrected chi connectivity index (χ4v) is 2.17. The second-order valence-electron chi connectivity index (χ2n) is 4.70. The molecule has 2 unspecified atom stereocenters. The highest BCUT2D eigenvalue weighted by Gasteiger charge is 2.22. The van der Waals surface area contributed by atoms with Crippen molar-refractivity contribution in [3.63, 3.8) is 0 Å². The highest BCUT2D eigenvalue weighted by Crippen LogP contribution is 2.14. The zero-order valence-corrected chi connectivity index (χ0v) is 10.3. The van der Waals surface area contributed by atoms with Crippen molar-refractivity contribution in [1.82, 2.24) is 15.8 Å². The van der Waals surface area contributed by atoms with Crippen molar-refractivity contribution in [2.45, 2.75) is 32.7 Å². The first-order valence-corrected chi connectivity index (χ1v) is 6.11. The van der Waals surface area contributed by atoms with Crippen molar-refractivity contribution in [3.05, 3.63) is 17.5 Å². The van der Waals surface area contributed by atoms with Gasteiger partial charge in [-0.3, -0.25) is 4.79 Å². The molecule has 0 radical (unpaired) electrons. The van der Waals surface area contributed by atoms with Gasteiger partial charge in [0, 0.05) is 12.1 Å². The molecule has 1 aliphatic rings. The molecule has 0 saturated carbocycles. The number of hydrogen-bond acceptors (Lipinski definition) is 4. The van der Waals surface area contributed by atoms with E-state index in [1.807, 2.05) is 6.92 Å². The van der Waals surface area contributed by atoms with E-state index in [9.17, 15) is 4.79 Å². The summed E-state index contributed by atoms with van der Waals surface area (Å²) in [6.45, 7) is 5.89. The molecule has 1 aromatic heterocycles. The van der Waals surface area contributed by atoms with E-state index in [2.05, 4.69) is 15.8 Å². The molecule has 0 spiro atoms. The number of rotatable bonds is 3. The Labute approximate surface area is 101 Å². The SMILES string of the molecule is Cc1cc(C(=O)NC(C)C2CCCNC2)on1. The molecule has 1 aliphatic heterocycles. The van der Waals surface area contributed by atoms with Crippen molar-refractivity contribution < 1.29 is 9.32 Å². The van der Waals surface area contributed by atoms with E-state index < -0.39 is 0 Å². The van der Waals surface area contributed by atoms with Crippen LogP contribution in [0, 0.1) is 12.8 Å². The van der Waals surface area contributed by atoms with Crippen molar-refractivity contribution in [2.75, 3.05) is 13.1 Å². The number of aromatic nitrogens is 1. The average molecular weight is 237 g/mol. The van der Waals surface area contributed by atoms with Crippen LogP contribution in [0.15, 0.2) is 10.6 Å². The number of nitrogens with one attached hydrogen (secondary N) is 2. The summed E-state index contributed by atoms with van der Waals surface area (Å²) in [4.78, 5) is 11.8. The van der Waals surface area contributed by atoms with Gasteiger partial charge < -0.3 is 15.2 Å². The molecule has 5 nitrogen and oxygen atoms in total. The highest BCUT2D eigenvalue weighted by molar-refractivity contribution is 5.91. The molecule has 94 valence electrons. The second kappa shape index (κ2) is 5.31. The van der Waals surface area contributed by atoms with Crippen molar-refractivity contribution in [1.29, 1.82) is 0 Å². The maximum atomic E-state index is 11.8.